The molecule has 0 N–H and O–H groups in total. The summed E-state index contributed by atoms with van der Waals surface area (Å²) in [6, 6.07) is 15.8. The maximum atomic E-state index is 13.2. The monoisotopic (exact) mass is 369 g/mol. The van der Waals surface area contributed by atoms with Crippen molar-refractivity contribution in [3.8, 4) is 0 Å². The van der Waals surface area contributed by atoms with Crippen molar-refractivity contribution in [2.24, 2.45) is 0 Å². The third-order valence-electron chi connectivity index (χ3n) is 4.76. The van der Waals surface area contributed by atoms with Crippen LogP contribution in [0.15, 0.2) is 70.6 Å². The molecular formula is C21H23NO3S. The van der Waals surface area contributed by atoms with Gasteiger partial charge in [0.1, 0.15) is 0 Å². The highest BCUT2D eigenvalue weighted by Gasteiger charge is 2.33. The summed E-state index contributed by atoms with van der Waals surface area (Å²) >= 11 is 0. The zero-order chi connectivity index (χ0) is 18.7. The van der Waals surface area contributed by atoms with E-state index in [-0.39, 0.29) is 11.4 Å². The van der Waals surface area contributed by atoms with E-state index >= 15 is 0 Å². The molecule has 3 rings (SSSR count). The molecule has 4 nitrogen and oxygen atoms in total. The number of carbonyl (C=O) groups is 1. The van der Waals surface area contributed by atoms with Gasteiger partial charge in [0, 0.05) is 5.57 Å². The van der Waals surface area contributed by atoms with Gasteiger partial charge in [-0.2, -0.15) is 0 Å². The van der Waals surface area contributed by atoms with E-state index in [2.05, 4.69) is 0 Å². The summed E-state index contributed by atoms with van der Waals surface area (Å²) in [5.74, 6) is -0.399. The number of hydrogen-bond donors (Lipinski definition) is 0. The van der Waals surface area contributed by atoms with Crippen LogP contribution in [0.3, 0.4) is 0 Å². The SMILES string of the molecule is CC1=C(C(=O)N(Cc2ccccc2)S(=O)(=O)c2ccc(C)cc2)CCC1. The zero-order valence-electron chi connectivity index (χ0n) is 15.1. The fraction of sp³-hybridized carbons (Fsp3) is 0.286. The molecule has 0 saturated heterocycles. The van der Waals surface area contributed by atoms with Gasteiger partial charge >= 0.3 is 0 Å². The Balaban J connectivity index is 2.03. The molecule has 0 heterocycles. The van der Waals surface area contributed by atoms with Gasteiger partial charge in [-0.15, -0.1) is 0 Å². The second-order valence-corrected chi connectivity index (χ2v) is 8.59. The Hall–Kier alpha value is -2.40. The molecule has 1 aliphatic rings. The summed E-state index contributed by atoms with van der Waals surface area (Å²) in [7, 11) is -3.93. The van der Waals surface area contributed by atoms with Crippen molar-refractivity contribution in [1.82, 2.24) is 4.31 Å². The summed E-state index contributed by atoms with van der Waals surface area (Å²) in [5, 5.41) is 0. The van der Waals surface area contributed by atoms with E-state index < -0.39 is 15.9 Å². The molecule has 2 aromatic carbocycles. The lowest BCUT2D eigenvalue weighted by Gasteiger charge is -2.24. The third kappa shape index (κ3) is 3.73. The summed E-state index contributed by atoms with van der Waals surface area (Å²) in [4.78, 5) is 13.3. The maximum Gasteiger partial charge on any atom is 0.267 e. The minimum absolute atomic E-state index is 0.0344. The molecule has 0 spiro atoms. The molecule has 0 atom stereocenters. The maximum absolute atomic E-state index is 13.2. The Morgan fingerprint density at radius 1 is 0.962 bits per heavy atom. The van der Waals surface area contributed by atoms with Gasteiger partial charge < -0.3 is 0 Å². The Morgan fingerprint density at radius 2 is 1.62 bits per heavy atom. The smallest absolute Gasteiger partial charge is 0.267 e. The number of carbonyl (C=O) groups excluding carboxylic acids is 1. The summed E-state index contributed by atoms with van der Waals surface area (Å²) < 4.78 is 27.5. The van der Waals surface area contributed by atoms with Crippen LogP contribution in [0.4, 0.5) is 0 Å². The van der Waals surface area contributed by atoms with E-state index in [1.54, 1.807) is 24.3 Å². The fourth-order valence-corrected chi connectivity index (χ4v) is 4.57. The van der Waals surface area contributed by atoms with Gasteiger partial charge in [-0.25, -0.2) is 12.7 Å². The second-order valence-electron chi connectivity index (χ2n) is 6.73. The lowest BCUT2D eigenvalue weighted by Crippen LogP contribution is -2.37. The highest BCUT2D eigenvalue weighted by molar-refractivity contribution is 7.89. The molecule has 0 saturated carbocycles. The van der Waals surface area contributed by atoms with Crippen molar-refractivity contribution in [2.45, 2.75) is 44.6 Å². The molecule has 5 heteroatoms. The zero-order valence-corrected chi connectivity index (χ0v) is 15.9. The van der Waals surface area contributed by atoms with Gasteiger partial charge in [0.15, 0.2) is 0 Å². The van der Waals surface area contributed by atoms with Crippen LogP contribution < -0.4 is 0 Å². The van der Waals surface area contributed by atoms with Gasteiger partial charge in [0.25, 0.3) is 15.9 Å². The van der Waals surface area contributed by atoms with E-state index in [9.17, 15) is 13.2 Å². The standard InChI is InChI=1S/C21H23NO3S/c1-16-11-13-19(14-12-16)26(24,25)22(15-18-8-4-3-5-9-18)21(23)20-10-6-7-17(20)2/h3-5,8-9,11-14H,6-7,10,15H2,1-2H3. The number of benzene rings is 2. The number of amides is 1. The molecule has 0 radical (unpaired) electrons. The molecule has 26 heavy (non-hydrogen) atoms. The number of aryl methyl sites for hydroxylation is 1. The number of hydrogen-bond acceptors (Lipinski definition) is 3. The fourth-order valence-electron chi connectivity index (χ4n) is 3.19. The van der Waals surface area contributed by atoms with Crippen molar-refractivity contribution in [1.29, 1.82) is 0 Å². The molecule has 1 amide bonds. The molecule has 2 aromatic rings. The minimum Gasteiger partial charge on any atom is -0.268 e. The first-order valence-corrected chi connectivity index (χ1v) is 10.2. The van der Waals surface area contributed by atoms with Crippen LogP contribution in [-0.2, 0) is 21.4 Å². The highest BCUT2D eigenvalue weighted by Crippen LogP contribution is 2.30. The van der Waals surface area contributed by atoms with Crippen LogP contribution in [0.2, 0.25) is 0 Å². The van der Waals surface area contributed by atoms with Crippen molar-refractivity contribution < 1.29 is 13.2 Å². The van der Waals surface area contributed by atoms with Crippen molar-refractivity contribution in [3.63, 3.8) is 0 Å². The minimum atomic E-state index is -3.93. The van der Waals surface area contributed by atoms with Crippen LogP contribution >= 0.6 is 0 Å². The Kier molecular flexibility index (Phi) is 5.28. The van der Waals surface area contributed by atoms with Gasteiger partial charge in [-0.05, 0) is 50.8 Å². The topological polar surface area (TPSA) is 54.5 Å². The first-order chi connectivity index (χ1) is 12.4. The summed E-state index contributed by atoms with van der Waals surface area (Å²) in [5.41, 5.74) is 3.39. The van der Waals surface area contributed by atoms with Crippen LogP contribution in [0.25, 0.3) is 0 Å². The summed E-state index contributed by atoms with van der Waals surface area (Å²) in [6.07, 6.45) is 2.39. The molecule has 0 unspecified atom stereocenters. The van der Waals surface area contributed by atoms with Crippen LogP contribution in [0, 0.1) is 6.92 Å². The largest absolute Gasteiger partial charge is 0.268 e. The van der Waals surface area contributed by atoms with Crippen LogP contribution in [0.1, 0.15) is 37.3 Å². The Bertz CT molecular complexity index is 929. The lowest BCUT2D eigenvalue weighted by molar-refractivity contribution is -0.123. The lowest BCUT2D eigenvalue weighted by atomic mass is 10.1. The van der Waals surface area contributed by atoms with Crippen molar-refractivity contribution >= 4 is 15.9 Å². The predicted octanol–water partition coefficient (Wildman–Crippen LogP) is 4.21. The predicted molar refractivity (Wildman–Crippen MR) is 102 cm³/mol. The van der Waals surface area contributed by atoms with E-state index in [1.165, 1.54) is 0 Å². The van der Waals surface area contributed by atoms with Crippen molar-refractivity contribution in [2.75, 3.05) is 0 Å². The molecular weight excluding hydrogens is 346 g/mol. The number of allylic oxidation sites excluding steroid dienone is 1. The number of rotatable bonds is 5. The highest BCUT2D eigenvalue weighted by atomic mass is 32.2. The molecule has 0 aliphatic heterocycles. The Morgan fingerprint density at radius 3 is 2.19 bits per heavy atom. The molecule has 0 bridgehead atoms. The first kappa shape index (κ1) is 18.4. The van der Waals surface area contributed by atoms with Crippen molar-refractivity contribution in [3.05, 3.63) is 76.9 Å². The van der Waals surface area contributed by atoms with Crippen LogP contribution in [0.5, 0.6) is 0 Å². The quantitative estimate of drug-likeness (QED) is 0.793. The average molecular weight is 369 g/mol. The summed E-state index contributed by atoms with van der Waals surface area (Å²) in [6.45, 7) is 3.85. The average Bonchev–Trinajstić information content (AvgIpc) is 3.06. The number of nitrogens with zero attached hydrogens (tertiary/aromatic N) is 1. The van der Waals surface area contributed by atoms with Gasteiger partial charge in [-0.3, -0.25) is 4.79 Å². The molecule has 0 fully saturated rings. The van der Waals surface area contributed by atoms with Crippen LogP contribution in [-0.4, -0.2) is 18.6 Å². The molecule has 1 aliphatic carbocycles. The number of sulfonamides is 1. The van der Waals surface area contributed by atoms with E-state index in [4.69, 9.17) is 0 Å². The first-order valence-electron chi connectivity index (χ1n) is 8.76. The normalized spacial score (nSPS) is 14.5. The van der Waals surface area contributed by atoms with E-state index in [0.717, 1.165) is 33.8 Å². The van der Waals surface area contributed by atoms with E-state index in [1.807, 2.05) is 44.2 Å². The van der Waals surface area contributed by atoms with E-state index in [0.29, 0.717) is 12.0 Å². The Labute approximate surface area is 155 Å². The molecule has 0 aromatic heterocycles. The third-order valence-corrected chi connectivity index (χ3v) is 6.50. The van der Waals surface area contributed by atoms with Gasteiger partial charge in [0.2, 0.25) is 0 Å². The second kappa shape index (κ2) is 7.46. The van der Waals surface area contributed by atoms with Gasteiger partial charge in [0.05, 0.1) is 11.4 Å². The molecule has 136 valence electrons. The van der Waals surface area contributed by atoms with Gasteiger partial charge in [-0.1, -0.05) is 53.6 Å².